The van der Waals surface area contributed by atoms with E-state index in [1.165, 1.54) is 25.8 Å². The molecular formula is C20H36N4O2. The summed E-state index contributed by atoms with van der Waals surface area (Å²) >= 11 is 0. The fourth-order valence-electron chi connectivity index (χ4n) is 5.57. The highest BCUT2D eigenvalue weighted by molar-refractivity contribution is 5.80. The number of rotatable bonds is 3. The molecule has 1 N–H and O–H groups in total. The molecule has 3 heterocycles. The third-order valence-corrected chi connectivity index (χ3v) is 7.03. The Balaban J connectivity index is 1.32. The molecular weight excluding hydrogens is 328 g/mol. The van der Waals surface area contributed by atoms with Crippen molar-refractivity contribution < 1.29 is 9.47 Å². The van der Waals surface area contributed by atoms with Gasteiger partial charge < -0.3 is 19.7 Å². The number of likely N-dealkylation sites (tertiary alicyclic amines) is 1. The summed E-state index contributed by atoms with van der Waals surface area (Å²) in [6, 6.07) is 0.477. The maximum Gasteiger partial charge on any atom is 0.193 e. The van der Waals surface area contributed by atoms with E-state index in [9.17, 15) is 0 Å². The molecule has 4 aliphatic rings. The van der Waals surface area contributed by atoms with Gasteiger partial charge in [-0.1, -0.05) is 13.8 Å². The molecule has 0 bridgehead atoms. The smallest absolute Gasteiger partial charge is 0.193 e. The first-order valence-electron chi connectivity index (χ1n) is 10.5. The summed E-state index contributed by atoms with van der Waals surface area (Å²) in [6.07, 6.45) is 4.16. The van der Waals surface area contributed by atoms with Crippen LogP contribution in [-0.2, 0) is 9.47 Å². The van der Waals surface area contributed by atoms with Crippen LogP contribution in [0.15, 0.2) is 4.99 Å². The van der Waals surface area contributed by atoms with Crippen LogP contribution < -0.4 is 5.32 Å². The summed E-state index contributed by atoms with van der Waals surface area (Å²) in [5.74, 6) is 2.48. The lowest BCUT2D eigenvalue weighted by Gasteiger charge is -2.60. The molecule has 0 aromatic rings. The summed E-state index contributed by atoms with van der Waals surface area (Å²) in [5.41, 5.74) is 0.188. The zero-order valence-corrected chi connectivity index (χ0v) is 16.7. The second-order valence-corrected chi connectivity index (χ2v) is 9.10. The highest BCUT2D eigenvalue weighted by Crippen LogP contribution is 2.51. The summed E-state index contributed by atoms with van der Waals surface area (Å²) in [5, 5.41) is 3.82. The second-order valence-electron chi connectivity index (χ2n) is 9.10. The fraction of sp³-hybridized carbons (Fsp3) is 0.950. The number of hydrogen-bond acceptors (Lipinski definition) is 4. The molecule has 0 amide bonds. The number of morpholine rings is 1. The molecule has 4 unspecified atom stereocenters. The van der Waals surface area contributed by atoms with Crippen molar-refractivity contribution in [2.45, 2.75) is 45.3 Å². The number of nitrogens with zero attached hydrogens (tertiary/aromatic N) is 3. The first-order valence-corrected chi connectivity index (χ1v) is 10.5. The Bertz CT molecular complexity index is 518. The van der Waals surface area contributed by atoms with Crippen molar-refractivity contribution in [3.63, 3.8) is 0 Å². The second kappa shape index (κ2) is 7.64. The monoisotopic (exact) mass is 364 g/mol. The molecule has 26 heavy (non-hydrogen) atoms. The Hall–Kier alpha value is -0.850. The van der Waals surface area contributed by atoms with Crippen LogP contribution in [0.2, 0.25) is 0 Å². The summed E-state index contributed by atoms with van der Waals surface area (Å²) in [6.45, 7) is 13.0. The van der Waals surface area contributed by atoms with Gasteiger partial charge >= 0.3 is 0 Å². The molecule has 6 heteroatoms. The van der Waals surface area contributed by atoms with E-state index in [-0.39, 0.29) is 5.41 Å². The molecule has 6 nitrogen and oxygen atoms in total. The number of hydrogen-bond donors (Lipinski definition) is 1. The number of nitrogens with one attached hydrogen (secondary N) is 1. The zero-order valence-electron chi connectivity index (χ0n) is 16.7. The van der Waals surface area contributed by atoms with E-state index in [0.717, 1.165) is 57.9 Å². The van der Waals surface area contributed by atoms with Crippen molar-refractivity contribution in [3.8, 4) is 0 Å². The average molecular weight is 365 g/mol. The van der Waals surface area contributed by atoms with Gasteiger partial charge in [0.1, 0.15) is 0 Å². The van der Waals surface area contributed by atoms with E-state index in [1.807, 2.05) is 7.05 Å². The maximum atomic E-state index is 6.06. The SMILES string of the molecule is CN=C(NC1C2CCCOC2C1(C)C)N1CCC(CN2CCOCC2)C1. The summed E-state index contributed by atoms with van der Waals surface area (Å²) < 4.78 is 11.5. The van der Waals surface area contributed by atoms with Crippen LogP contribution in [0, 0.1) is 17.3 Å². The van der Waals surface area contributed by atoms with Gasteiger partial charge in [-0.25, -0.2) is 0 Å². The Morgan fingerprint density at radius 1 is 1.15 bits per heavy atom. The van der Waals surface area contributed by atoms with Gasteiger partial charge in [0.05, 0.1) is 19.3 Å². The number of guanidine groups is 1. The largest absolute Gasteiger partial charge is 0.379 e. The Labute approximate surface area is 158 Å². The van der Waals surface area contributed by atoms with Gasteiger partial charge in [0.25, 0.3) is 0 Å². The average Bonchev–Trinajstić information content (AvgIpc) is 3.11. The number of ether oxygens (including phenoxy) is 2. The van der Waals surface area contributed by atoms with Crippen LogP contribution in [0.25, 0.3) is 0 Å². The molecule has 1 saturated carbocycles. The van der Waals surface area contributed by atoms with Gasteiger partial charge in [-0.05, 0) is 25.2 Å². The molecule has 0 aromatic carbocycles. The fourth-order valence-corrected chi connectivity index (χ4v) is 5.57. The van der Waals surface area contributed by atoms with Crippen LogP contribution in [-0.4, -0.2) is 87.5 Å². The molecule has 148 valence electrons. The van der Waals surface area contributed by atoms with Gasteiger partial charge in [-0.2, -0.15) is 0 Å². The van der Waals surface area contributed by atoms with E-state index in [2.05, 4.69) is 34.0 Å². The minimum Gasteiger partial charge on any atom is -0.379 e. The molecule has 0 aromatic heterocycles. The van der Waals surface area contributed by atoms with Crippen molar-refractivity contribution in [2.75, 3.05) is 59.6 Å². The highest BCUT2D eigenvalue weighted by Gasteiger charge is 2.58. The third-order valence-electron chi connectivity index (χ3n) is 7.03. The van der Waals surface area contributed by atoms with E-state index in [1.54, 1.807) is 0 Å². The van der Waals surface area contributed by atoms with Crippen LogP contribution in [0.4, 0.5) is 0 Å². The first-order chi connectivity index (χ1) is 12.6. The minimum atomic E-state index is 0.188. The van der Waals surface area contributed by atoms with Crippen molar-refractivity contribution in [1.29, 1.82) is 0 Å². The molecule has 4 rings (SSSR count). The highest BCUT2D eigenvalue weighted by atomic mass is 16.5. The van der Waals surface area contributed by atoms with Crippen molar-refractivity contribution in [1.82, 2.24) is 15.1 Å². The van der Waals surface area contributed by atoms with E-state index < -0.39 is 0 Å². The number of aliphatic imine (C=N–C) groups is 1. The van der Waals surface area contributed by atoms with Crippen LogP contribution in [0.1, 0.15) is 33.1 Å². The van der Waals surface area contributed by atoms with Gasteiger partial charge in [0, 0.05) is 63.8 Å². The Morgan fingerprint density at radius 3 is 2.73 bits per heavy atom. The molecule has 3 aliphatic heterocycles. The topological polar surface area (TPSA) is 49.3 Å². The molecule has 4 fully saturated rings. The van der Waals surface area contributed by atoms with Gasteiger partial charge in [-0.15, -0.1) is 0 Å². The predicted molar refractivity (Wildman–Crippen MR) is 103 cm³/mol. The van der Waals surface area contributed by atoms with Gasteiger partial charge in [0.15, 0.2) is 5.96 Å². The van der Waals surface area contributed by atoms with Crippen LogP contribution in [0.3, 0.4) is 0 Å². The first kappa shape index (κ1) is 18.5. The summed E-state index contributed by atoms with van der Waals surface area (Å²) in [7, 11) is 1.93. The lowest BCUT2D eigenvalue weighted by atomic mass is 9.55. The minimum absolute atomic E-state index is 0.188. The molecule has 0 radical (unpaired) electrons. The summed E-state index contributed by atoms with van der Waals surface area (Å²) in [4.78, 5) is 9.67. The third kappa shape index (κ3) is 3.48. The normalized spacial score (nSPS) is 38.0. The Kier molecular flexibility index (Phi) is 5.44. The number of fused-ring (bicyclic) bond motifs is 1. The van der Waals surface area contributed by atoms with E-state index in [0.29, 0.717) is 18.1 Å². The van der Waals surface area contributed by atoms with E-state index in [4.69, 9.17) is 9.47 Å². The molecule has 4 atom stereocenters. The quantitative estimate of drug-likeness (QED) is 0.606. The van der Waals surface area contributed by atoms with Crippen LogP contribution in [0.5, 0.6) is 0 Å². The van der Waals surface area contributed by atoms with Crippen molar-refractivity contribution in [2.24, 2.45) is 22.2 Å². The van der Waals surface area contributed by atoms with Gasteiger partial charge in [0.2, 0.25) is 0 Å². The Morgan fingerprint density at radius 2 is 1.96 bits per heavy atom. The molecule has 0 spiro atoms. The maximum absolute atomic E-state index is 6.06. The van der Waals surface area contributed by atoms with Crippen LogP contribution >= 0.6 is 0 Å². The van der Waals surface area contributed by atoms with Gasteiger partial charge in [-0.3, -0.25) is 9.89 Å². The lowest BCUT2D eigenvalue weighted by molar-refractivity contribution is -0.188. The van der Waals surface area contributed by atoms with Crippen molar-refractivity contribution in [3.05, 3.63) is 0 Å². The standard InChI is InChI=1S/C20H36N4O2/c1-20(2)17(16-5-4-10-26-18(16)20)22-19(21-3)24-7-6-15(14-24)13-23-8-11-25-12-9-23/h15-18H,4-14H2,1-3H3,(H,21,22). The molecule has 1 aliphatic carbocycles. The molecule has 3 saturated heterocycles. The van der Waals surface area contributed by atoms with E-state index >= 15 is 0 Å². The van der Waals surface area contributed by atoms with Crippen molar-refractivity contribution >= 4 is 5.96 Å². The predicted octanol–water partition coefficient (Wildman–Crippen LogP) is 1.42. The lowest BCUT2D eigenvalue weighted by Crippen LogP contribution is -2.71. The zero-order chi connectivity index (χ0) is 18.1.